The first kappa shape index (κ1) is 24.9. The minimum Gasteiger partial charge on any atom is -0.497 e. The summed E-state index contributed by atoms with van der Waals surface area (Å²) in [5.74, 6) is 1.41. The monoisotopic (exact) mass is 534 g/mol. The zero-order valence-corrected chi connectivity index (χ0v) is 22.0. The third-order valence-corrected chi connectivity index (χ3v) is 9.31. The van der Waals surface area contributed by atoms with E-state index in [0.29, 0.717) is 17.2 Å². The van der Waals surface area contributed by atoms with Crippen molar-refractivity contribution in [3.8, 4) is 33.1 Å². The molecule has 0 saturated carbocycles. The van der Waals surface area contributed by atoms with Crippen molar-refractivity contribution in [2.75, 3.05) is 19.5 Å². The summed E-state index contributed by atoms with van der Waals surface area (Å²) >= 11 is 1.09. The van der Waals surface area contributed by atoms with Crippen molar-refractivity contribution in [3.63, 3.8) is 0 Å². The van der Waals surface area contributed by atoms with Gasteiger partial charge in [-0.25, -0.2) is 17.9 Å². The lowest BCUT2D eigenvalue weighted by molar-refractivity contribution is 0.256. The van der Waals surface area contributed by atoms with Gasteiger partial charge in [0.15, 0.2) is 0 Å². The van der Waals surface area contributed by atoms with Crippen LogP contribution in [0.3, 0.4) is 0 Å². The summed E-state index contributed by atoms with van der Waals surface area (Å²) in [5.41, 5.74) is 5.36. The molecule has 1 aliphatic carbocycles. The van der Waals surface area contributed by atoms with Crippen molar-refractivity contribution in [3.05, 3.63) is 83.9 Å². The van der Waals surface area contributed by atoms with Gasteiger partial charge in [0.1, 0.15) is 15.7 Å². The summed E-state index contributed by atoms with van der Waals surface area (Å²) in [5, 5.41) is 2.84. The van der Waals surface area contributed by atoms with Gasteiger partial charge < -0.3 is 14.8 Å². The standard InChI is InChI=1S/C28H26N2O5S2/c1-34-21-12-9-19(10-13-21)25-15-16-26(36-25)37(32,33)30-28(31)29-27-23-8-4-5-18(23)11-14-24(27)20-6-3-7-22(17-20)35-2/h3,6-7,9-17H,4-5,8H2,1-2H3,(H2,29,30,31). The van der Waals surface area contributed by atoms with Crippen molar-refractivity contribution in [2.24, 2.45) is 0 Å². The highest BCUT2D eigenvalue weighted by Gasteiger charge is 2.24. The van der Waals surface area contributed by atoms with Crippen LogP contribution in [0.1, 0.15) is 17.5 Å². The van der Waals surface area contributed by atoms with Crippen LogP contribution in [0.5, 0.6) is 11.5 Å². The molecule has 7 nitrogen and oxygen atoms in total. The van der Waals surface area contributed by atoms with Crippen LogP contribution >= 0.6 is 11.3 Å². The predicted octanol–water partition coefficient (Wildman–Crippen LogP) is 6.10. The molecule has 2 N–H and O–H groups in total. The first-order valence-corrected chi connectivity index (χ1v) is 14.0. The van der Waals surface area contributed by atoms with Gasteiger partial charge in [-0.15, -0.1) is 11.3 Å². The maximum Gasteiger partial charge on any atom is 0.333 e. The van der Waals surface area contributed by atoms with Gasteiger partial charge in [0, 0.05) is 10.4 Å². The van der Waals surface area contributed by atoms with Gasteiger partial charge in [-0.2, -0.15) is 0 Å². The number of sulfonamides is 1. The molecule has 5 rings (SSSR count). The molecule has 9 heteroatoms. The molecule has 1 heterocycles. The molecule has 1 aromatic heterocycles. The van der Waals surface area contributed by atoms with Crippen molar-refractivity contribution in [1.82, 2.24) is 4.72 Å². The molecule has 0 radical (unpaired) electrons. The number of hydrogen-bond donors (Lipinski definition) is 2. The number of fused-ring (bicyclic) bond motifs is 1. The topological polar surface area (TPSA) is 93.7 Å². The average Bonchev–Trinajstić information content (AvgIpc) is 3.59. The van der Waals surface area contributed by atoms with Crippen LogP contribution in [-0.2, 0) is 22.9 Å². The van der Waals surface area contributed by atoms with E-state index in [9.17, 15) is 13.2 Å². The van der Waals surface area contributed by atoms with Crippen LogP contribution in [0.15, 0.2) is 77.0 Å². The molecule has 3 aromatic carbocycles. The number of rotatable bonds is 7. The number of hydrogen-bond acceptors (Lipinski definition) is 6. The van der Waals surface area contributed by atoms with Gasteiger partial charge in [0.05, 0.1) is 19.9 Å². The Labute approximate surface area is 220 Å². The lowest BCUT2D eigenvalue weighted by Crippen LogP contribution is -2.34. The van der Waals surface area contributed by atoms with Gasteiger partial charge in [-0.3, -0.25) is 0 Å². The van der Waals surface area contributed by atoms with Gasteiger partial charge in [0.2, 0.25) is 0 Å². The largest absolute Gasteiger partial charge is 0.497 e. The molecule has 0 unspecified atom stereocenters. The zero-order valence-electron chi connectivity index (χ0n) is 20.4. The maximum absolute atomic E-state index is 13.1. The highest BCUT2D eigenvalue weighted by atomic mass is 32.2. The Bertz CT molecular complexity index is 1560. The summed E-state index contributed by atoms with van der Waals surface area (Å²) in [6, 6.07) is 21.4. The quantitative estimate of drug-likeness (QED) is 0.299. The Kier molecular flexibility index (Phi) is 6.90. The summed E-state index contributed by atoms with van der Waals surface area (Å²) < 4.78 is 38.9. The Balaban J connectivity index is 1.39. The van der Waals surface area contributed by atoms with Crippen molar-refractivity contribution < 1.29 is 22.7 Å². The summed E-state index contributed by atoms with van der Waals surface area (Å²) in [4.78, 5) is 13.8. The summed E-state index contributed by atoms with van der Waals surface area (Å²) in [6.07, 6.45) is 2.71. The Morgan fingerprint density at radius 3 is 2.41 bits per heavy atom. The van der Waals surface area contributed by atoms with E-state index < -0.39 is 16.1 Å². The van der Waals surface area contributed by atoms with E-state index in [1.807, 2.05) is 54.6 Å². The fourth-order valence-electron chi connectivity index (χ4n) is 4.53. The van der Waals surface area contributed by atoms with Gasteiger partial charge in [-0.1, -0.05) is 24.3 Å². The van der Waals surface area contributed by atoms with Crippen LogP contribution in [-0.4, -0.2) is 28.7 Å². The van der Waals surface area contributed by atoms with Crippen LogP contribution in [0.2, 0.25) is 0 Å². The third-order valence-electron chi connectivity index (χ3n) is 6.35. The molecular weight excluding hydrogens is 508 g/mol. The molecule has 0 bridgehead atoms. The number of carbonyl (C=O) groups excluding carboxylic acids is 1. The van der Waals surface area contributed by atoms with Crippen molar-refractivity contribution in [1.29, 1.82) is 0 Å². The predicted molar refractivity (Wildman–Crippen MR) is 146 cm³/mol. The van der Waals surface area contributed by atoms with Gasteiger partial charge in [-0.05, 0) is 90.0 Å². The van der Waals surface area contributed by atoms with Crippen LogP contribution in [0, 0.1) is 0 Å². The molecule has 4 aromatic rings. The van der Waals surface area contributed by atoms with E-state index in [1.165, 1.54) is 6.07 Å². The lowest BCUT2D eigenvalue weighted by atomic mass is 9.97. The Morgan fingerprint density at radius 2 is 1.65 bits per heavy atom. The van der Waals surface area contributed by atoms with Crippen LogP contribution in [0.25, 0.3) is 21.6 Å². The summed E-state index contributed by atoms with van der Waals surface area (Å²) in [6.45, 7) is 0. The zero-order chi connectivity index (χ0) is 26.0. The SMILES string of the molecule is COc1ccc(-c2ccc(S(=O)(=O)NC(=O)Nc3c(-c4cccc(OC)c4)ccc4c3CCC4)s2)cc1. The van der Waals surface area contributed by atoms with E-state index in [-0.39, 0.29) is 4.21 Å². The fraction of sp³-hybridized carbons (Fsp3) is 0.179. The molecule has 0 aliphatic heterocycles. The lowest BCUT2D eigenvalue weighted by Gasteiger charge is -2.17. The Hall–Kier alpha value is -3.82. The number of nitrogens with one attached hydrogen (secondary N) is 2. The number of amides is 2. The molecule has 2 amide bonds. The molecule has 190 valence electrons. The molecule has 0 saturated heterocycles. The normalized spacial score (nSPS) is 12.6. The summed E-state index contributed by atoms with van der Waals surface area (Å²) in [7, 11) is -0.881. The number of ether oxygens (including phenoxy) is 2. The van der Waals surface area contributed by atoms with Crippen LogP contribution in [0.4, 0.5) is 10.5 Å². The number of benzene rings is 3. The van der Waals surface area contributed by atoms with Crippen molar-refractivity contribution in [2.45, 2.75) is 23.5 Å². The van der Waals surface area contributed by atoms with Crippen molar-refractivity contribution >= 4 is 33.1 Å². The molecule has 0 atom stereocenters. The van der Waals surface area contributed by atoms with E-state index in [0.717, 1.165) is 63.3 Å². The minimum absolute atomic E-state index is 0.0553. The number of methoxy groups -OCH3 is 2. The van der Waals surface area contributed by atoms with E-state index in [2.05, 4.69) is 16.1 Å². The number of urea groups is 1. The second-order valence-electron chi connectivity index (χ2n) is 8.62. The molecule has 0 fully saturated rings. The minimum atomic E-state index is -4.07. The smallest absolute Gasteiger partial charge is 0.333 e. The van der Waals surface area contributed by atoms with Gasteiger partial charge >= 0.3 is 6.03 Å². The van der Waals surface area contributed by atoms with E-state index in [1.54, 1.807) is 20.3 Å². The fourth-order valence-corrected chi connectivity index (χ4v) is 6.75. The third kappa shape index (κ3) is 5.19. The van der Waals surface area contributed by atoms with E-state index in [4.69, 9.17) is 9.47 Å². The average molecular weight is 535 g/mol. The van der Waals surface area contributed by atoms with Crippen LogP contribution < -0.4 is 19.5 Å². The molecule has 1 aliphatic rings. The number of anilines is 1. The first-order valence-electron chi connectivity index (χ1n) is 11.7. The van der Waals surface area contributed by atoms with Gasteiger partial charge in [0.25, 0.3) is 10.0 Å². The highest BCUT2D eigenvalue weighted by Crippen LogP contribution is 2.38. The molecule has 37 heavy (non-hydrogen) atoms. The first-order chi connectivity index (χ1) is 17.9. The maximum atomic E-state index is 13.1. The Morgan fingerprint density at radius 1 is 0.865 bits per heavy atom. The second-order valence-corrected chi connectivity index (χ2v) is 11.6. The number of aryl methyl sites for hydroxylation is 1. The highest BCUT2D eigenvalue weighted by molar-refractivity contribution is 7.92. The number of carbonyl (C=O) groups is 1. The van der Waals surface area contributed by atoms with E-state index >= 15 is 0 Å². The molecular formula is C28H26N2O5S2. The number of thiophene rings is 1. The second kappa shape index (κ2) is 10.3. The molecule has 0 spiro atoms.